The van der Waals surface area contributed by atoms with Gasteiger partial charge in [0.05, 0.1) is 45.1 Å². The predicted octanol–water partition coefficient (Wildman–Crippen LogP) is 19.5. The van der Waals surface area contributed by atoms with Gasteiger partial charge in [-0.15, -0.1) is 0 Å². The van der Waals surface area contributed by atoms with Gasteiger partial charge in [0.25, 0.3) is 0 Å². The van der Waals surface area contributed by atoms with Crippen LogP contribution in [-0.2, 0) is 21.7 Å². The van der Waals surface area contributed by atoms with Gasteiger partial charge in [-0.3, -0.25) is 0 Å². The summed E-state index contributed by atoms with van der Waals surface area (Å²) in [6.07, 6.45) is 0. The smallest absolute Gasteiger partial charge is 0.166 e. The number of benzene rings is 9. The topological polar surface area (TPSA) is 72.3 Å². The summed E-state index contributed by atoms with van der Waals surface area (Å²) in [5.74, 6) is 1.75. The second kappa shape index (κ2) is 19.2. The van der Waals surface area contributed by atoms with Crippen molar-refractivity contribution in [1.82, 2.24) is 24.1 Å². The molecule has 6 nitrogen and oxygen atoms in total. The van der Waals surface area contributed by atoms with Crippen molar-refractivity contribution in [2.45, 2.75) is 105 Å². The molecule has 0 aliphatic carbocycles. The van der Waals surface area contributed by atoms with Crippen molar-refractivity contribution < 1.29 is 0 Å². The second-order valence-electron chi connectivity index (χ2n) is 25.8. The normalized spacial score (nSPS) is 12.5. The lowest BCUT2D eigenvalue weighted by atomic mass is 9.85. The molecule has 0 fully saturated rings. The van der Waals surface area contributed by atoms with E-state index in [0.29, 0.717) is 23.0 Å². The van der Waals surface area contributed by atoms with Crippen LogP contribution in [-0.4, -0.2) is 24.1 Å². The van der Waals surface area contributed by atoms with E-state index in [1.165, 1.54) is 43.8 Å². The molecule has 0 amide bonds. The first-order valence-corrected chi connectivity index (χ1v) is 28.0. The van der Waals surface area contributed by atoms with Crippen molar-refractivity contribution in [3.8, 4) is 73.9 Å². The Bertz CT molecular complexity index is 4230. The zero-order chi connectivity index (χ0) is 56.0. The minimum Gasteiger partial charge on any atom is -0.309 e. The van der Waals surface area contributed by atoms with Crippen molar-refractivity contribution in [2.24, 2.45) is 0 Å². The summed E-state index contributed by atoms with van der Waals surface area (Å²) in [5.41, 5.74) is 18.8. The Morgan fingerprint density at radius 2 is 0.650 bits per heavy atom. The van der Waals surface area contributed by atoms with Gasteiger partial charge in [-0.05, 0) is 146 Å². The zero-order valence-corrected chi connectivity index (χ0v) is 48.2. The predicted molar refractivity (Wildman–Crippen MR) is 335 cm³/mol. The molecule has 0 atom stereocenters. The van der Waals surface area contributed by atoms with Crippen molar-refractivity contribution >= 4 is 43.6 Å². The van der Waals surface area contributed by atoms with E-state index in [1.807, 2.05) is 60.7 Å². The summed E-state index contributed by atoms with van der Waals surface area (Å²) < 4.78 is 4.89. The largest absolute Gasteiger partial charge is 0.309 e. The van der Waals surface area contributed by atoms with E-state index in [1.54, 1.807) is 0 Å². The summed E-state index contributed by atoms with van der Waals surface area (Å²) in [6, 6.07) is 72.4. The molecule has 12 rings (SSSR count). The number of nitriles is 1. The standard InChI is InChI=1S/C74H68N6/c1-71(2,3)52-29-35-63-57(41-52)58-42-53(72(4,5)6)30-36-64(58)79(63)62-33-27-50(47-25-23-46(45-75)24-26-47)39-56(62)51-28-34-67(61(40-51)70-77-68(48-19-15-13-16-20-48)76-69(78-70)49-21-17-14-18-22-49)80-65-37-31-54(73(7,8)9)43-59(65)60-44-55(74(10,11)12)32-38-66(60)80/h13-44H,1-12H3. The van der Waals surface area contributed by atoms with Crippen LogP contribution in [0.15, 0.2) is 194 Å². The van der Waals surface area contributed by atoms with Crippen LogP contribution < -0.4 is 0 Å². The van der Waals surface area contributed by atoms with E-state index in [2.05, 4.69) is 232 Å². The Hall–Kier alpha value is -8.92. The van der Waals surface area contributed by atoms with Crippen LogP contribution in [0.25, 0.3) is 111 Å². The third kappa shape index (κ3) is 9.35. The molecule has 0 aliphatic heterocycles. The monoisotopic (exact) mass is 1040 g/mol. The molecule has 12 aromatic rings. The van der Waals surface area contributed by atoms with Crippen molar-refractivity contribution in [2.75, 3.05) is 0 Å². The highest BCUT2D eigenvalue weighted by Crippen LogP contribution is 2.45. The minimum atomic E-state index is -0.0618. The third-order valence-corrected chi connectivity index (χ3v) is 16.1. The van der Waals surface area contributed by atoms with E-state index in [-0.39, 0.29) is 21.7 Å². The molecule has 0 unspecified atom stereocenters. The van der Waals surface area contributed by atoms with Crippen LogP contribution in [0, 0.1) is 11.3 Å². The van der Waals surface area contributed by atoms with Crippen LogP contribution in [0.2, 0.25) is 0 Å². The van der Waals surface area contributed by atoms with Gasteiger partial charge in [0.15, 0.2) is 17.5 Å². The lowest BCUT2D eigenvalue weighted by Crippen LogP contribution is -2.10. The lowest BCUT2D eigenvalue weighted by Gasteiger charge is -2.21. The Balaban J connectivity index is 1.20. The Labute approximate surface area is 471 Å². The average Bonchev–Trinajstić information content (AvgIpc) is 4.01. The molecule has 0 radical (unpaired) electrons. The number of nitrogens with zero attached hydrogens (tertiary/aromatic N) is 6. The van der Waals surface area contributed by atoms with Crippen LogP contribution in [0.3, 0.4) is 0 Å². The first-order chi connectivity index (χ1) is 38.1. The van der Waals surface area contributed by atoms with E-state index in [4.69, 9.17) is 15.0 Å². The van der Waals surface area contributed by atoms with E-state index >= 15 is 0 Å². The Morgan fingerprint density at radius 3 is 1.02 bits per heavy atom. The number of rotatable bonds is 7. The maximum Gasteiger partial charge on any atom is 0.166 e. The fourth-order valence-corrected chi connectivity index (χ4v) is 11.3. The Kier molecular flexibility index (Phi) is 12.4. The Morgan fingerprint density at radius 1 is 0.312 bits per heavy atom. The molecule has 6 heteroatoms. The quantitative estimate of drug-likeness (QED) is 0.159. The number of hydrogen-bond acceptors (Lipinski definition) is 4. The van der Waals surface area contributed by atoms with Crippen LogP contribution in [0.1, 0.15) is 111 Å². The molecular formula is C74H68N6. The number of fused-ring (bicyclic) bond motifs is 6. The molecule has 0 spiro atoms. The van der Waals surface area contributed by atoms with E-state index in [9.17, 15) is 5.26 Å². The molecular weight excluding hydrogens is 973 g/mol. The van der Waals surface area contributed by atoms with Gasteiger partial charge >= 0.3 is 0 Å². The fraction of sp³-hybridized carbons (Fsp3) is 0.216. The molecule has 0 saturated carbocycles. The molecule has 394 valence electrons. The van der Waals surface area contributed by atoms with Crippen LogP contribution >= 0.6 is 0 Å². The molecule has 80 heavy (non-hydrogen) atoms. The lowest BCUT2D eigenvalue weighted by molar-refractivity contribution is 0.590. The van der Waals surface area contributed by atoms with Crippen LogP contribution in [0.5, 0.6) is 0 Å². The third-order valence-electron chi connectivity index (χ3n) is 16.1. The first-order valence-electron chi connectivity index (χ1n) is 28.0. The summed E-state index contributed by atoms with van der Waals surface area (Å²) in [5, 5.41) is 14.7. The molecule has 3 heterocycles. The first kappa shape index (κ1) is 51.8. The van der Waals surface area contributed by atoms with Gasteiger partial charge in [0, 0.05) is 43.8 Å². The van der Waals surface area contributed by atoms with Gasteiger partial charge in [-0.25, -0.2) is 15.0 Å². The molecule has 3 aromatic heterocycles. The van der Waals surface area contributed by atoms with Crippen LogP contribution in [0.4, 0.5) is 0 Å². The zero-order valence-electron chi connectivity index (χ0n) is 48.2. The SMILES string of the molecule is CC(C)(C)c1ccc2c(c1)c1cc(C(C)(C)C)ccc1n2-c1ccc(-c2ccc(C#N)cc2)cc1-c1ccc(-n2c3ccc(C(C)(C)C)cc3c3cc(C(C)(C)C)ccc32)c(-c2nc(-c3ccccc3)nc(-c3ccccc3)n2)c1. The summed E-state index contributed by atoms with van der Waals surface area (Å²) in [4.78, 5) is 16.2. The molecule has 0 aliphatic rings. The highest BCUT2D eigenvalue weighted by Gasteiger charge is 2.27. The summed E-state index contributed by atoms with van der Waals surface area (Å²) in [6.45, 7) is 27.5. The van der Waals surface area contributed by atoms with E-state index < -0.39 is 0 Å². The van der Waals surface area contributed by atoms with Gasteiger partial charge < -0.3 is 9.13 Å². The van der Waals surface area contributed by atoms with Crippen molar-refractivity contribution in [1.29, 1.82) is 5.26 Å². The number of aromatic nitrogens is 5. The maximum absolute atomic E-state index is 9.84. The van der Waals surface area contributed by atoms with Gasteiger partial charge in [-0.2, -0.15) is 5.26 Å². The highest BCUT2D eigenvalue weighted by atomic mass is 15.1. The second-order valence-corrected chi connectivity index (χ2v) is 25.8. The maximum atomic E-state index is 9.84. The molecule has 0 N–H and O–H groups in total. The minimum absolute atomic E-state index is 0.0494. The highest BCUT2D eigenvalue weighted by molar-refractivity contribution is 6.12. The summed E-state index contributed by atoms with van der Waals surface area (Å²) in [7, 11) is 0. The van der Waals surface area contributed by atoms with E-state index in [0.717, 1.165) is 72.4 Å². The van der Waals surface area contributed by atoms with Gasteiger partial charge in [0.2, 0.25) is 0 Å². The molecule has 0 saturated heterocycles. The van der Waals surface area contributed by atoms with Gasteiger partial charge in [0.1, 0.15) is 0 Å². The summed E-state index contributed by atoms with van der Waals surface area (Å²) >= 11 is 0. The van der Waals surface area contributed by atoms with Gasteiger partial charge in [-0.1, -0.05) is 192 Å². The van der Waals surface area contributed by atoms with Crippen molar-refractivity contribution in [3.63, 3.8) is 0 Å². The fourth-order valence-electron chi connectivity index (χ4n) is 11.3. The average molecular weight is 1040 g/mol. The molecule has 9 aromatic carbocycles. The number of hydrogen-bond donors (Lipinski definition) is 0. The van der Waals surface area contributed by atoms with Crippen molar-refractivity contribution in [3.05, 3.63) is 222 Å². The molecule has 0 bridgehead atoms.